The van der Waals surface area contributed by atoms with Crippen molar-refractivity contribution in [3.63, 3.8) is 0 Å². The molecule has 1 amide bonds. The molecular weight excluding hydrogens is 254 g/mol. The molecule has 0 aliphatic heterocycles. The smallest absolute Gasteiger partial charge is 0.316 e. The lowest BCUT2D eigenvalue weighted by molar-refractivity contribution is 0.102. The van der Waals surface area contributed by atoms with Gasteiger partial charge in [0, 0.05) is 5.56 Å². The van der Waals surface area contributed by atoms with Crippen LogP contribution in [0.1, 0.15) is 28.4 Å². The maximum absolute atomic E-state index is 12.1. The van der Waals surface area contributed by atoms with Gasteiger partial charge in [-0.1, -0.05) is 17.2 Å². The molecule has 0 spiro atoms. The lowest BCUT2D eigenvalue weighted by atomic mass is 10.1. The van der Waals surface area contributed by atoms with E-state index in [4.69, 9.17) is 4.74 Å². The SMILES string of the molecule is CCOc1ncc(NC(=O)c2cc(C)cc(C)c2)cn1. The van der Waals surface area contributed by atoms with Crippen molar-refractivity contribution in [1.82, 2.24) is 9.97 Å². The predicted octanol–water partition coefficient (Wildman–Crippen LogP) is 2.74. The van der Waals surface area contributed by atoms with Crippen molar-refractivity contribution in [2.24, 2.45) is 0 Å². The minimum atomic E-state index is -0.176. The second kappa shape index (κ2) is 6.14. The number of nitrogens with zero attached hydrogens (tertiary/aromatic N) is 2. The van der Waals surface area contributed by atoms with Crippen molar-refractivity contribution < 1.29 is 9.53 Å². The zero-order valence-electron chi connectivity index (χ0n) is 11.8. The maximum atomic E-state index is 12.1. The number of benzene rings is 1. The summed E-state index contributed by atoms with van der Waals surface area (Å²) in [5.41, 5.74) is 3.27. The van der Waals surface area contributed by atoms with Crippen LogP contribution in [0.2, 0.25) is 0 Å². The van der Waals surface area contributed by atoms with Gasteiger partial charge < -0.3 is 10.1 Å². The van der Waals surface area contributed by atoms with E-state index >= 15 is 0 Å². The van der Waals surface area contributed by atoms with E-state index in [2.05, 4.69) is 15.3 Å². The van der Waals surface area contributed by atoms with E-state index in [9.17, 15) is 4.79 Å². The van der Waals surface area contributed by atoms with Crippen LogP contribution in [0.25, 0.3) is 0 Å². The standard InChI is InChI=1S/C15H17N3O2/c1-4-20-15-16-8-13(9-17-15)18-14(19)12-6-10(2)5-11(3)7-12/h5-9H,4H2,1-3H3,(H,18,19). The number of rotatable bonds is 4. The molecule has 0 radical (unpaired) electrons. The van der Waals surface area contributed by atoms with Crippen LogP contribution in [-0.4, -0.2) is 22.5 Å². The van der Waals surface area contributed by atoms with Crippen LogP contribution >= 0.6 is 0 Å². The third-order valence-corrected chi connectivity index (χ3v) is 2.64. The first-order valence-corrected chi connectivity index (χ1v) is 6.43. The summed E-state index contributed by atoms with van der Waals surface area (Å²) in [6.07, 6.45) is 3.05. The highest BCUT2D eigenvalue weighted by atomic mass is 16.5. The summed E-state index contributed by atoms with van der Waals surface area (Å²) >= 11 is 0. The van der Waals surface area contributed by atoms with Crippen LogP contribution in [0, 0.1) is 13.8 Å². The molecule has 104 valence electrons. The van der Waals surface area contributed by atoms with E-state index in [0.717, 1.165) is 11.1 Å². The van der Waals surface area contributed by atoms with Crippen LogP contribution in [-0.2, 0) is 0 Å². The topological polar surface area (TPSA) is 64.1 Å². The Bertz CT molecular complexity index is 589. The summed E-state index contributed by atoms with van der Waals surface area (Å²) in [6, 6.07) is 6.02. The van der Waals surface area contributed by atoms with Crippen molar-refractivity contribution in [2.45, 2.75) is 20.8 Å². The first-order valence-electron chi connectivity index (χ1n) is 6.43. The molecule has 2 rings (SSSR count). The first-order chi connectivity index (χ1) is 9.58. The third-order valence-electron chi connectivity index (χ3n) is 2.64. The molecule has 0 bridgehead atoms. The van der Waals surface area contributed by atoms with E-state index < -0.39 is 0 Å². The molecule has 1 heterocycles. The van der Waals surface area contributed by atoms with Crippen molar-refractivity contribution >= 4 is 11.6 Å². The Labute approximate surface area is 118 Å². The van der Waals surface area contributed by atoms with E-state index in [-0.39, 0.29) is 5.91 Å². The van der Waals surface area contributed by atoms with Gasteiger partial charge in [0.05, 0.1) is 24.7 Å². The molecule has 0 saturated heterocycles. The molecule has 1 aromatic heterocycles. The van der Waals surface area contributed by atoms with Gasteiger partial charge in [0.2, 0.25) is 0 Å². The van der Waals surface area contributed by atoms with Crippen LogP contribution in [0.3, 0.4) is 0 Å². The largest absolute Gasteiger partial charge is 0.464 e. The fourth-order valence-electron chi connectivity index (χ4n) is 1.89. The summed E-state index contributed by atoms with van der Waals surface area (Å²) in [6.45, 7) is 6.29. The van der Waals surface area contributed by atoms with Gasteiger partial charge >= 0.3 is 6.01 Å². The molecule has 2 aromatic rings. The molecule has 0 unspecified atom stereocenters. The van der Waals surface area contributed by atoms with Gasteiger partial charge in [0.25, 0.3) is 5.91 Å². The quantitative estimate of drug-likeness (QED) is 0.928. The molecule has 0 aliphatic carbocycles. The zero-order chi connectivity index (χ0) is 14.5. The van der Waals surface area contributed by atoms with Gasteiger partial charge in [-0.3, -0.25) is 4.79 Å². The zero-order valence-corrected chi connectivity index (χ0v) is 11.8. The Morgan fingerprint density at radius 1 is 1.15 bits per heavy atom. The third kappa shape index (κ3) is 3.54. The molecule has 0 aliphatic rings. The molecule has 20 heavy (non-hydrogen) atoms. The number of amides is 1. The Morgan fingerprint density at radius 2 is 1.75 bits per heavy atom. The second-order valence-electron chi connectivity index (χ2n) is 4.52. The number of anilines is 1. The van der Waals surface area contributed by atoms with Crippen molar-refractivity contribution in [1.29, 1.82) is 0 Å². The van der Waals surface area contributed by atoms with Gasteiger partial charge in [-0.25, -0.2) is 9.97 Å². The summed E-state index contributed by atoms with van der Waals surface area (Å²) < 4.78 is 5.15. The number of aromatic nitrogens is 2. The first kappa shape index (κ1) is 14.0. The Balaban J connectivity index is 2.10. The van der Waals surface area contributed by atoms with Crippen LogP contribution in [0.4, 0.5) is 5.69 Å². The van der Waals surface area contributed by atoms with Crippen LogP contribution in [0.5, 0.6) is 6.01 Å². The van der Waals surface area contributed by atoms with Crippen LogP contribution in [0.15, 0.2) is 30.6 Å². The molecule has 5 nitrogen and oxygen atoms in total. The monoisotopic (exact) mass is 271 g/mol. The van der Waals surface area contributed by atoms with Gasteiger partial charge in [0.15, 0.2) is 0 Å². The molecule has 5 heteroatoms. The fraction of sp³-hybridized carbons (Fsp3) is 0.267. The number of hydrogen-bond acceptors (Lipinski definition) is 4. The lowest BCUT2D eigenvalue weighted by Crippen LogP contribution is -2.13. The number of carbonyl (C=O) groups is 1. The molecule has 0 atom stereocenters. The normalized spacial score (nSPS) is 10.2. The maximum Gasteiger partial charge on any atom is 0.316 e. The van der Waals surface area contributed by atoms with E-state index in [1.165, 1.54) is 12.4 Å². The number of ether oxygens (including phenoxy) is 1. The molecule has 1 aromatic carbocycles. The number of aryl methyl sites for hydroxylation is 2. The van der Waals surface area contributed by atoms with Crippen molar-refractivity contribution in [3.8, 4) is 6.01 Å². The fourth-order valence-corrected chi connectivity index (χ4v) is 1.89. The molecular formula is C15H17N3O2. The summed E-state index contributed by atoms with van der Waals surface area (Å²) in [5, 5.41) is 2.76. The number of nitrogens with one attached hydrogen (secondary N) is 1. The Kier molecular flexibility index (Phi) is 4.30. The molecule has 1 N–H and O–H groups in total. The Morgan fingerprint density at radius 3 is 2.30 bits per heavy atom. The summed E-state index contributed by atoms with van der Waals surface area (Å²) in [5.74, 6) is -0.176. The predicted molar refractivity (Wildman–Crippen MR) is 77.1 cm³/mol. The Hall–Kier alpha value is -2.43. The highest BCUT2D eigenvalue weighted by Crippen LogP contribution is 2.12. The number of carbonyl (C=O) groups excluding carboxylic acids is 1. The summed E-state index contributed by atoms with van der Waals surface area (Å²) in [4.78, 5) is 20.1. The average molecular weight is 271 g/mol. The number of hydrogen-bond donors (Lipinski definition) is 1. The highest BCUT2D eigenvalue weighted by molar-refractivity contribution is 6.04. The second-order valence-corrected chi connectivity index (χ2v) is 4.52. The molecule has 0 saturated carbocycles. The van der Waals surface area contributed by atoms with Gasteiger partial charge in [-0.15, -0.1) is 0 Å². The van der Waals surface area contributed by atoms with E-state index in [1.54, 1.807) is 0 Å². The molecule has 0 fully saturated rings. The van der Waals surface area contributed by atoms with Crippen LogP contribution < -0.4 is 10.1 Å². The lowest BCUT2D eigenvalue weighted by Gasteiger charge is -2.07. The minimum Gasteiger partial charge on any atom is -0.464 e. The minimum absolute atomic E-state index is 0.176. The van der Waals surface area contributed by atoms with Crippen molar-refractivity contribution in [3.05, 3.63) is 47.3 Å². The van der Waals surface area contributed by atoms with E-state index in [1.807, 2.05) is 39.0 Å². The van der Waals surface area contributed by atoms with Gasteiger partial charge in [0.1, 0.15) is 0 Å². The highest BCUT2D eigenvalue weighted by Gasteiger charge is 2.08. The van der Waals surface area contributed by atoms with Gasteiger partial charge in [-0.2, -0.15) is 0 Å². The summed E-state index contributed by atoms with van der Waals surface area (Å²) in [7, 11) is 0. The average Bonchev–Trinajstić information content (AvgIpc) is 2.40. The van der Waals surface area contributed by atoms with E-state index in [0.29, 0.717) is 23.9 Å². The van der Waals surface area contributed by atoms with Crippen molar-refractivity contribution in [2.75, 3.05) is 11.9 Å². The van der Waals surface area contributed by atoms with Gasteiger partial charge in [-0.05, 0) is 32.9 Å².